The van der Waals surface area contributed by atoms with Crippen LogP contribution in [-0.4, -0.2) is 64.7 Å². The fourth-order valence-corrected chi connectivity index (χ4v) is 2.39. The number of hydrogen-bond acceptors (Lipinski definition) is 6. The molecule has 0 fully saturated rings. The third kappa shape index (κ3) is 8.22. The molecule has 3 amide bonds. The Morgan fingerprint density at radius 1 is 0.857 bits per heavy atom. The smallest absolute Gasteiger partial charge is 0.322 e. The normalized spacial score (nSPS) is 17.4. The SMILES string of the molecule is CCC(C)C(NC(=O)C(N)C(C)O)C(=O)NC(C(=O)NCC(=O)O)C(C)CC. The van der Waals surface area contributed by atoms with Gasteiger partial charge < -0.3 is 31.9 Å². The first-order chi connectivity index (χ1) is 13.0. The molecule has 0 heterocycles. The minimum Gasteiger partial charge on any atom is -0.480 e. The Hall–Kier alpha value is -2.20. The van der Waals surface area contributed by atoms with Crippen molar-refractivity contribution in [1.29, 1.82) is 0 Å². The quantitative estimate of drug-likeness (QED) is 0.242. The summed E-state index contributed by atoms with van der Waals surface area (Å²) in [6.07, 6.45) is 0.0514. The zero-order valence-corrected chi connectivity index (χ0v) is 17.2. The number of nitrogens with one attached hydrogen (secondary N) is 3. The maximum absolute atomic E-state index is 12.8. The number of carboxylic acids is 1. The molecular weight excluding hydrogens is 368 g/mol. The lowest BCUT2D eigenvalue weighted by Crippen LogP contribution is -2.60. The molecule has 6 atom stereocenters. The zero-order valence-electron chi connectivity index (χ0n) is 17.2. The minimum absolute atomic E-state index is 0.259. The Bertz CT molecular complexity index is 554. The molecule has 28 heavy (non-hydrogen) atoms. The van der Waals surface area contributed by atoms with Gasteiger partial charge in [0, 0.05) is 0 Å². The van der Waals surface area contributed by atoms with Crippen LogP contribution < -0.4 is 21.7 Å². The van der Waals surface area contributed by atoms with Gasteiger partial charge in [-0.3, -0.25) is 19.2 Å². The fraction of sp³-hybridized carbons (Fsp3) is 0.778. The first-order valence-corrected chi connectivity index (χ1v) is 9.49. The molecule has 0 rings (SSSR count). The van der Waals surface area contributed by atoms with Gasteiger partial charge in [-0.25, -0.2) is 0 Å². The second-order valence-electron chi connectivity index (χ2n) is 7.12. The van der Waals surface area contributed by atoms with Crippen LogP contribution in [0.4, 0.5) is 0 Å². The number of rotatable bonds is 12. The van der Waals surface area contributed by atoms with Crippen LogP contribution in [0.25, 0.3) is 0 Å². The molecule has 10 heteroatoms. The van der Waals surface area contributed by atoms with E-state index in [-0.39, 0.29) is 11.8 Å². The van der Waals surface area contributed by atoms with Crippen LogP contribution in [0.2, 0.25) is 0 Å². The van der Waals surface area contributed by atoms with Crippen LogP contribution in [-0.2, 0) is 19.2 Å². The second kappa shape index (κ2) is 12.3. The fourth-order valence-electron chi connectivity index (χ4n) is 2.39. The number of aliphatic carboxylic acids is 1. The van der Waals surface area contributed by atoms with Gasteiger partial charge in [-0.1, -0.05) is 40.5 Å². The third-order valence-electron chi connectivity index (χ3n) is 4.82. The number of aliphatic hydroxyl groups excluding tert-OH is 1. The summed E-state index contributed by atoms with van der Waals surface area (Å²) in [5.74, 6) is -3.57. The second-order valence-corrected chi connectivity index (χ2v) is 7.12. The minimum atomic E-state index is -1.19. The van der Waals surface area contributed by atoms with Crippen molar-refractivity contribution in [2.45, 2.75) is 71.7 Å². The Morgan fingerprint density at radius 3 is 1.68 bits per heavy atom. The lowest BCUT2D eigenvalue weighted by atomic mass is 9.94. The summed E-state index contributed by atoms with van der Waals surface area (Å²) in [6.45, 7) is 8.01. The number of carboxylic acid groups (broad SMARTS) is 1. The van der Waals surface area contributed by atoms with Gasteiger partial charge in [0.25, 0.3) is 0 Å². The van der Waals surface area contributed by atoms with Crippen LogP contribution >= 0.6 is 0 Å². The van der Waals surface area contributed by atoms with E-state index in [9.17, 15) is 24.3 Å². The van der Waals surface area contributed by atoms with E-state index in [0.717, 1.165) is 0 Å². The average Bonchev–Trinajstić information content (AvgIpc) is 2.65. The number of amides is 3. The molecule has 0 saturated heterocycles. The molecule has 0 aromatic carbocycles. The van der Waals surface area contributed by atoms with Gasteiger partial charge in [-0.15, -0.1) is 0 Å². The predicted molar refractivity (Wildman–Crippen MR) is 103 cm³/mol. The molecule has 0 saturated carbocycles. The summed E-state index contributed by atoms with van der Waals surface area (Å²) in [7, 11) is 0. The van der Waals surface area contributed by atoms with E-state index in [0.29, 0.717) is 12.8 Å². The lowest BCUT2D eigenvalue weighted by molar-refractivity contribution is -0.139. The molecule has 0 bridgehead atoms. The van der Waals surface area contributed by atoms with Gasteiger partial charge in [0.2, 0.25) is 17.7 Å². The van der Waals surface area contributed by atoms with E-state index >= 15 is 0 Å². The summed E-state index contributed by atoms with van der Waals surface area (Å²) in [4.78, 5) is 48.0. The molecule has 10 nitrogen and oxygen atoms in total. The summed E-state index contributed by atoms with van der Waals surface area (Å²) < 4.78 is 0. The molecule has 0 spiro atoms. The molecule has 0 radical (unpaired) electrons. The Morgan fingerprint density at radius 2 is 1.29 bits per heavy atom. The van der Waals surface area contributed by atoms with Gasteiger partial charge in [0.1, 0.15) is 24.7 Å². The standard InChI is InChI=1S/C18H34N4O6/c1-6-9(3)14(17(27)20-8-12(24)25)22-18(28)15(10(4)7-2)21-16(26)13(19)11(5)23/h9-11,13-15,23H,6-8,19H2,1-5H3,(H,20,27)(H,21,26)(H,22,28)(H,24,25). The van der Waals surface area contributed by atoms with Gasteiger partial charge in [0.05, 0.1) is 6.10 Å². The molecule has 0 aliphatic heterocycles. The van der Waals surface area contributed by atoms with Gasteiger partial charge in [-0.2, -0.15) is 0 Å². The number of carbonyl (C=O) groups is 4. The van der Waals surface area contributed by atoms with Crippen LogP contribution in [0.1, 0.15) is 47.5 Å². The molecule has 0 aliphatic carbocycles. The van der Waals surface area contributed by atoms with Crippen LogP contribution in [0.15, 0.2) is 0 Å². The van der Waals surface area contributed by atoms with Crippen molar-refractivity contribution in [3.8, 4) is 0 Å². The third-order valence-corrected chi connectivity index (χ3v) is 4.82. The average molecular weight is 402 g/mol. The highest BCUT2D eigenvalue weighted by Gasteiger charge is 2.33. The van der Waals surface area contributed by atoms with Crippen molar-refractivity contribution < 1.29 is 29.4 Å². The monoisotopic (exact) mass is 402 g/mol. The van der Waals surface area contributed by atoms with E-state index in [2.05, 4.69) is 16.0 Å². The summed E-state index contributed by atoms with van der Waals surface area (Å²) in [5.41, 5.74) is 5.62. The molecular formula is C18H34N4O6. The highest BCUT2D eigenvalue weighted by atomic mass is 16.4. The summed E-state index contributed by atoms with van der Waals surface area (Å²) in [5, 5.41) is 25.6. The van der Waals surface area contributed by atoms with Crippen LogP contribution in [0.3, 0.4) is 0 Å². The van der Waals surface area contributed by atoms with Crippen LogP contribution in [0, 0.1) is 11.8 Å². The largest absolute Gasteiger partial charge is 0.480 e. The maximum Gasteiger partial charge on any atom is 0.322 e. The highest BCUT2D eigenvalue weighted by Crippen LogP contribution is 2.12. The van der Waals surface area contributed by atoms with E-state index in [1.165, 1.54) is 6.92 Å². The Kier molecular flexibility index (Phi) is 11.3. The van der Waals surface area contributed by atoms with E-state index in [1.807, 2.05) is 13.8 Å². The van der Waals surface area contributed by atoms with Gasteiger partial charge >= 0.3 is 5.97 Å². The number of aliphatic hydroxyl groups is 1. The summed E-state index contributed by atoms with van der Waals surface area (Å²) in [6, 6.07) is -3.10. The topological polar surface area (TPSA) is 171 Å². The van der Waals surface area contributed by atoms with Crippen molar-refractivity contribution in [1.82, 2.24) is 16.0 Å². The van der Waals surface area contributed by atoms with Crippen molar-refractivity contribution in [3.63, 3.8) is 0 Å². The summed E-state index contributed by atoms with van der Waals surface area (Å²) >= 11 is 0. The van der Waals surface area contributed by atoms with Crippen molar-refractivity contribution in [3.05, 3.63) is 0 Å². The van der Waals surface area contributed by atoms with E-state index < -0.39 is 54.5 Å². The Labute approximate surface area is 165 Å². The molecule has 7 N–H and O–H groups in total. The Balaban J connectivity index is 5.38. The number of nitrogens with two attached hydrogens (primary N) is 1. The molecule has 162 valence electrons. The van der Waals surface area contributed by atoms with E-state index in [1.54, 1.807) is 13.8 Å². The predicted octanol–water partition coefficient (Wildman–Crippen LogP) is -1.04. The highest BCUT2D eigenvalue weighted by molar-refractivity contribution is 5.94. The van der Waals surface area contributed by atoms with Crippen molar-refractivity contribution in [2.24, 2.45) is 17.6 Å². The van der Waals surface area contributed by atoms with Crippen LogP contribution in [0.5, 0.6) is 0 Å². The van der Waals surface area contributed by atoms with Crippen molar-refractivity contribution >= 4 is 23.7 Å². The van der Waals surface area contributed by atoms with E-state index in [4.69, 9.17) is 10.8 Å². The number of carbonyl (C=O) groups excluding carboxylic acids is 3. The lowest BCUT2D eigenvalue weighted by Gasteiger charge is -2.29. The van der Waals surface area contributed by atoms with Crippen molar-refractivity contribution in [2.75, 3.05) is 6.54 Å². The molecule has 0 aromatic rings. The zero-order chi connectivity index (χ0) is 22.0. The molecule has 0 aromatic heterocycles. The van der Waals surface area contributed by atoms with Gasteiger partial charge in [-0.05, 0) is 18.8 Å². The van der Waals surface area contributed by atoms with Gasteiger partial charge in [0.15, 0.2) is 0 Å². The number of hydrogen-bond donors (Lipinski definition) is 6. The first-order valence-electron chi connectivity index (χ1n) is 9.49. The molecule has 6 unspecified atom stereocenters. The maximum atomic E-state index is 12.8. The first kappa shape index (κ1) is 25.8. The molecule has 0 aliphatic rings.